The molecule has 3 aromatic heterocycles. The average molecular weight is 351 g/mol. The predicted molar refractivity (Wildman–Crippen MR) is 95.5 cm³/mol. The summed E-state index contributed by atoms with van der Waals surface area (Å²) >= 11 is 6.07. The van der Waals surface area contributed by atoms with Gasteiger partial charge in [-0.05, 0) is 30.3 Å². The van der Waals surface area contributed by atoms with Gasteiger partial charge in [-0.15, -0.1) is 0 Å². The molecule has 0 bridgehead atoms. The fourth-order valence-corrected chi connectivity index (χ4v) is 2.88. The fraction of sp³-hybridized carbons (Fsp3) is 0. The number of nitrogens with zero attached hydrogens (tertiary/aromatic N) is 4. The second-order valence-electron chi connectivity index (χ2n) is 5.40. The SMILES string of the molecule is O=[N+]([O-])c1ccccc1-c1cccc(-c2cnc3ccc(Cl)cn23)n1. The van der Waals surface area contributed by atoms with Gasteiger partial charge in [0.25, 0.3) is 5.69 Å². The lowest BCUT2D eigenvalue weighted by molar-refractivity contribution is -0.384. The molecule has 3 heterocycles. The first-order chi connectivity index (χ1) is 12.1. The molecule has 0 aliphatic carbocycles. The van der Waals surface area contributed by atoms with E-state index in [0.29, 0.717) is 22.0 Å². The summed E-state index contributed by atoms with van der Waals surface area (Å²) in [5, 5.41) is 11.9. The molecule has 0 amide bonds. The highest BCUT2D eigenvalue weighted by Crippen LogP contribution is 2.30. The fourth-order valence-electron chi connectivity index (χ4n) is 2.72. The van der Waals surface area contributed by atoms with Gasteiger partial charge in [-0.2, -0.15) is 0 Å². The van der Waals surface area contributed by atoms with Gasteiger partial charge in [-0.1, -0.05) is 29.8 Å². The van der Waals surface area contributed by atoms with Crippen molar-refractivity contribution in [1.29, 1.82) is 0 Å². The van der Waals surface area contributed by atoms with Gasteiger partial charge < -0.3 is 0 Å². The Morgan fingerprint density at radius 3 is 2.64 bits per heavy atom. The number of aromatic nitrogens is 3. The number of pyridine rings is 2. The molecule has 4 aromatic rings. The van der Waals surface area contributed by atoms with E-state index in [2.05, 4.69) is 9.97 Å². The highest BCUT2D eigenvalue weighted by Gasteiger charge is 2.16. The van der Waals surface area contributed by atoms with Gasteiger partial charge in [0, 0.05) is 12.3 Å². The lowest BCUT2D eigenvalue weighted by Gasteiger charge is -2.06. The average Bonchev–Trinajstić information content (AvgIpc) is 3.05. The van der Waals surface area contributed by atoms with Crippen molar-refractivity contribution in [2.24, 2.45) is 0 Å². The molecule has 0 N–H and O–H groups in total. The zero-order valence-electron chi connectivity index (χ0n) is 12.8. The molecule has 0 unspecified atom stereocenters. The number of benzene rings is 1. The smallest absolute Gasteiger partial charge is 0.278 e. The molecule has 122 valence electrons. The summed E-state index contributed by atoms with van der Waals surface area (Å²) in [6.45, 7) is 0. The number of nitro benzene ring substituents is 1. The first kappa shape index (κ1) is 15.3. The Morgan fingerprint density at radius 1 is 1.00 bits per heavy atom. The van der Waals surface area contributed by atoms with Gasteiger partial charge in [-0.25, -0.2) is 9.97 Å². The van der Waals surface area contributed by atoms with Gasteiger partial charge in [-0.3, -0.25) is 14.5 Å². The van der Waals surface area contributed by atoms with Crippen LogP contribution in [-0.2, 0) is 0 Å². The topological polar surface area (TPSA) is 73.3 Å². The first-order valence-corrected chi connectivity index (χ1v) is 7.85. The molecule has 25 heavy (non-hydrogen) atoms. The normalized spacial score (nSPS) is 10.9. The van der Waals surface area contributed by atoms with Crippen LogP contribution in [0.5, 0.6) is 0 Å². The molecule has 0 aliphatic heterocycles. The summed E-state index contributed by atoms with van der Waals surface area (Å²) in [5.41, 5.74) is 3.19. The molecule has 0 saturated heterocycles. The van der Waals surface area contributed by atoms with Crippen molar-refractivity contribution in [2.45, 2.75) is 0 Å². The number of imidazole rings is 1. The van der Waals surface area contributed by atoms with Crippen LogP contribution in [0, 0.1) is 10.1 Å². The van der Waals surface area contributed by atoms with E-state index in [1.165, 1.54) is 6.07 Å². The highest BCUT2D eigenvalue weighted by atomic mass is 35.5. The van der Waals surface area contributed by atoms with Gasteiger partial charge in [0.15, 0.2) is 0 Å². The summed E-state index contributed by atoms with van der Waals surface area (Å²) < 4.78 is 1.84. The number of rotatable bonds is 3. The maximum Gasteiger partial charge on any atom is 0.278 e. The Kier molecular flexibility index (Phi) is 3.66. The van der Waals surface area contributed by atoms with Crippen LogP contribution in [0.4, 0.5) is 5.69 Å². The summed E-state index contributed by atoms with van der Waals surface area (Å²) in [5.74, 6) is 0. The van der Waals surface area contributed by atoms with Gasteiger partial charge in [0.05, 0.1) is 38.8 Å². The highest BCUT2D eigenvalue weighted by molar-refractivity contribution is 6.30. The second-order valence-corrected chi connectivity index (χ2v) is 5.84. The van der Waals surface area contributed by atoms with Gasteiger partial charge >= 0.3 is 0 Å². The van der Waals surface area contributed by atoms with Gasteiger partial charge in [0.1, 0.15) is 5.65 Å². The van der Waals surface area contributed by atoms with Crippen LogP contribution in [-0.4, -0.2) is 19.3 Å². The Morgan fingerprint density at radius 2 is 1.80 bits per heavy atom. The van der Waals surface area contributed by atoms with E-state index in [4.69, 9.17) is 11.6 Å². The number of nitro groups is 1. The van der Waals surface area contributed by atoms with Crippen LogP contribution in [0.2, 0.25) is 5.02 Å². The van der Waals surface area contributed by atoms with Crippen molar-refractivity contribution in [2.75, 3.05) is 0 Å². The summed E-state index contributed by atoms with van der Waals surface area (Å²) in [6.07, 6.45) is 3.47. The molecule has 0 fully saturated rings. The number of para-hydroxylation sites is 1. The number of hydrogen-bond donors (Lipinski definition) is 0. The summed E-state index contributed by atoms with van der Waals surface area (Å²) in [6, 6.07) is 15.5. The molecule has 0 saturated carbocycles. The maximum atomic E-state index is 11.3. The van der Waals surface area contributed by atoms with E-state index < -0.39 is 4.92 Å². The molecule has 0 aliphatic rings. The molecule has 0 radical (unpaired) electrons. The van der Waals surface area contributed by atoms with Crippen molar-refractivity contribution in [1.82, 2.24) is 14.4 Å². The Labute approximate surface area is 147 Å². The quantitative estimate of drug-likeness (QED) is 0.399. The van der Waals surface area contributed by atoms with Crippen LogP contribution in [0.1, 0.15) is 0 Å². The van der Waals surface area contributed by atoms with Crippen LogP contribution in [0.25, 0.3) is 28.3 Å². The summed E-state index contributed by atoms with van der Waals surface area (Å²) in [7, 11) is 0. The van der Waals surface area contributed by atoms with E-state index in [0.717, 1.165) is 11.3 Å². The zero-order valence-corrected chi connectivity index (χ0v) is 13.6. The minimum Gasteiger partial charge on any atom is -0.297 e. The van der Waals surface area contributed by atoms with Crippen LogP contribution in [0.15, 0.2) is 67.0 Å². The molecule has 0 atom stereocenters. The molecule has 6 nitrogen and oxygen atoms in total. The van der Waals surface area contributed by atoms with Crippen LogP contribution in [0.3, 0.4) is 0 Å². The minimum absolute atomic E-state index is 0.0216. The Hall–Kier alpha value is -3.25. The predicted octanol–water partition coefficient (Wildman–Crippen LogP) is 4.62. The molecular weight excluding hydrogens is 340 g/mol. The Bertz CT molecular complexity index is 1110. The molecule has 1 aromatic carbocycles. The largest absolute Gasteiger partial charge is 0.297 e. The minimum atomic E-state index is -0.405. The maximum absolute atomic E-state index is 11.3. The summed E-state index contributed by atoms with van der Waals surface area (Å²) in [4.78, 5) is 19.8. The van der Waals surface area contributed by atoms with E-state index in [1.807, 2.05) is 22.6 Å². The lowest BCUT2D eigenvalue weighted by atomic mass is 10.1. The lowest BCUT2D eigenvalue weighted by Crippen LogP contribution is -1.95. The van der Waals surface area contributed by atoms with E-state index in [1.54, 1.807) is 42.7 Å². The second kappa shape index (κ2) is 5.99. The first-order valence-electron chi connectivity index (χ1n) is 7.47. The number of halogens is 1. The Balaban J connectivity index is 1.88. The monoisotopic (exact) mass is 350 g/mol. The third-order valence-electron chi connectivity index (χ3n) is 3.86. The molecular formula is C18H11ClN4O2. The standard InChI is InChI=1S/C18H11ClN4O2/c19-12-8-9-18-20-10-17(22(18)11-12)15-6-3-5-14(21-15)13-4-1-2-7-16(13)23(24)25/h1-11H. The van der Waals surface area contributed by atoms with E-state index >= 15 is 0 Å². The van der Waals surface area contributed by atoms with Gasteiger partial charge in [0.2, 0.25) is 0 Å². The molecule has 0 spiro atoms. The molecule has 7 heteroatoms. The van der Waals surface area contributed by atoms with Crippen molar-refractivity contribution in [3.05, 3.63) is 82.1 Å². The number of fused-ring (bicyclic) bond motifs is 1. The zero-order chi connectivity index (χ0) is 17.4. The van der Waals surface area contributed by atoms with Crippen molar-refractivity contribution in [3.63, 3.8) is 0 Å². The van der Waals surface area contributed by atoms with Crippen molar-refractivity contribution in [3.8, 4) is 22.6 Å². The number of hydrogen-bond acceptors (Lipinski definition) is 4. The van der Waals surface area contributed by atoms with E-state index in [9.17, 15) is 10.1 Å². The van der Waals surface area contributed by atoms with Crippen molar-refractivity contribution < 1.29 is 4.92 Å². The third-order valence-corrected chi connectivity index (χ3v) is 4.08. The molecule has 4 rings (SSSR count). The third kappa shape index (κ3) is 2.72. The van der Waals surface area contributed by atoms with Crippen molar-refractivity contribution >= 4 is 22.9 Å². The van der Waals surface area contributed by atoms with E-state index in [-0.39, 0.29) is 5.69 Å². The van der Waals surface area contributed by atoms with Crippen LogP contribution < -0.4 is 0 Å². The van der Waals surface area contributed by atoms with Crippen LogP contribution >= 0.6 is 11.6 Å².